The summed E-state index contributed by atoms with van der Waals surface area (Å²) in [4.78, 5) is 27.8. The molecule has 0 unspecified atom stereocenters. The van der Waals surface area contributed by atoms with Gasteiger partial charge in [0.15, 0.2) is 0 Å². The summed E-state index contributed by atoms with van der Waals surface area (Å²) in [7, 11) is 1.86. The molecule has 2 aliphatic heterocycles. The van der Waals surface area contributed by atoms with Crippen LogP contribution in [0.4, 0.5) is 10.5 Å². The van der Waals surface area contributed by atoms with Crippen molar-refractivity contribution in [2.75, 3.05) is 32.0 Å². The zero-order chi connectivity index (χ0) is 17.3. The van der Waals surface area contributed by atoms with Crippen LogP contribution in [0.2, 0.25) is 10.0 Å². The number of carbonyl (C=O) groups is 2. The van der Waals surface area contributed by atoms with Gasteiger partial charge in [-0.1, -0.05) is 29.3 Å². The number of rotatable bonds is 1. The summed E-state index contributed by atoms with van der Waals surface area (Å²) < 4.78 is 0. The second-order valence-corrected chi connectivity index (χ2v) is 7.55. The van der Waals surface area contributed by atoms with Crippen molar-refractivity contribution in [3.05, 3.63) is 28.2 Å². The number of benzene rings is 1. The van der Waals surface area contributed by atoms with E-state index < -0.39 is 0 Å². The summed E-state index contributed by atoms with van der Waals surface area (Å²) in [5, 5.41) is 3.61. The molecule has 3 rings (SSSR count). The zero-order valence-electron chi connectivity index (χ0n) is 13.6. The Labute approximate surface area is 151 Å². The number of urea groups is 1. The molecule has 0 radical (unpaired) electrons. The van der Waals surface area contributed by atoms with Gasteiger partial charge in [0.25, 0.3) is 0 Å². The molecule has 2 heterocycles. The zero-order valence-corrected chi connectivity index (χ0v) is 15.2. The van der Waals surface area contributed by atoms with Crippen LogP contribution in [0, 0.1) is 5.41 Å². The molecule has 0 atom stereocenters. The van der Waals surface area contributed by atoms with Crippen LogP contribution in [0.5, 0.6) is 0 Å². The van der Waals surface area contributed by atoms with E-state index in [1.165, 1.54) is 0 Å². The number of halogens is 2. The van der Waals surface area contributed by atoms with Gasteiger partial charge < -0.3 is 15.1 Å². The standard InChI is InChI=1S/C17H21Cl2N3O2/c1-21-11-17(6-5-14(21)23)7-9-22(10-8-17)16(24)20-13-4-2-3-12(18)15(13)19/h2-4H,5-11H2,1H3,(H,20,24). The number of hydrogen-bond donors (Lipinski definition) is 1. The van der Waals surface area contributed by atoms with Crippen LogP contribution < -0.4 is 5.32 Å². The van der Waals surface area contributed by atoms with Crippen molar-refractivity contribution in [2.24, 2.45) is 5.41 Å². The molecular formula is C17H21Cl2N3O2. The minimum Gasteiger partial charge on any atom is -0.345 e. The first-order valence-corrected chi connectivity index (χ1v) is 8.90. The van der Waals surface area contributed by atoms with E-state index in [0.717, 1.165) is 25.8 Å². The third kappa shape index (κ3) is 3.47. The third-order valence-electron chi connectivity index (χ3n) is 5.17. The van der Waals surface area contributed by atoms with Crippen molar-refractivity contribution in [1.82, 2.24) is 9.80 Å². The van der Waals surface area contributed by atoms with E-state index in [9.17, 15) is 9.59 Å². The largest absolute Gasteiger partial charge is 0.345 e. The van der Waals surface area contributed by atoms with Gasteiger partial charge in [0.1, 0.15) is 0 Å². The Morgan fingerprint density at radius 2 is 1.92 bits per heavy atom. The molecule has 2 fully saturated rings. The highest BCUT2D eigenvalue weighted by molar-refractivity contribution is 6.43. The van der Waals surface area contributed by atoms with Crippen molar-refractivity contribution in [1.29, 1.82) is 0 Å². The Balaban J connectivity index is 1.59. The minimum atomic E-state index is -0.158. The van der Waals surface area contributed by atoms with Crippen molar-refractivity contribution >= 4 is 40.8 Å². The quantitative estimate of drug-likeness (QED) is 0.816. The summed E-state index contributed by atoms with van der Waals surface area (Å²) in [6.45, 7) is 2.17. The molecule has 3 amide bonds. The first kappa shape index (κ1) is 17.4. The SMILES string of the molecule is CN1CC2(CCC1=O)CCN(C(=O)Nc1cccc(Cl)c1Cl)CC2. The molecule has 7 heteroatoms. The Morgan fingerprint density at radius 3 is 2.58 bits per heavy atom. The molecule has 2 aliphatic rings. The fourth-order valence-electron chi connectivity index (χ4n) is 3.62. The van der Waals surface area contributed by atoms with Crippen molar-refractivity contribution in [2.45, 2.75) is 25.7 Å². The van der Waals surface area contributed by atoms with Crippen LogP contribution in [0.3, 0.4) is 0 Å². The van der Waals surface area contributed by atoms with Crippen LogP contribution in [0.25, 0.3) is 0 Å². The molecule has 0 bridgehead atoms. The van der Waals surface area contributed by atoms with Crippen LogP contribution >= 0.6 is 23.2 Å². The lowest BCUT2D eigenvalue weighted by Gasteiger charge is -2.46. The summed E-state index contributed by atoms with van der Waals surface area (Å²) in [5.74, 6) is 0.219. The topological polar surface area (TPSA) is 52.7 Å². The van der Waals surface area contributed by atoms with E-state index in [1.807, 2.05) is 11.9 Å². The Bertz CT molecular complexity index is 657. The monoisotopic (exact) mass is 369 g/mol. The predicted octanol–water partition coefficient (Wildman–Crippen LogP) is 3.86. The average molecular weight is 370 g/mol. The lowest BCUT2D eigenvalue weighted by molar-refractivity contribution is -0.137. The number of anilines is 1. The molecule has 0 saturated carbocycles. The summed E-state index contributed by atoms with van der Waals surface area (Å²) in [6.07, 6.45) is 3.37. The maximum Gasteiger partial charge on any atom is 0.321 e. The van der Waals surface area contributed by atoms with Crippen molar-refractivity contribution < 1.29 is 9.59 Å². The second-order valence-electron chi connectivity index (χ2n) is 6.77. The fraction of sp³-hybridized carbons (Fsp3) is 0.529. The highest BCUT2D eigenvalue weighted by Crippen LogP contribution is 2.40. The van der Waals surface area contributed by atoms with Crippen LogP contribution in [-0.4, -0.2) is 48.4 Å². The Morgan fingerprint density at radius 1 is 1.21 bits per heavy atom. The summed E-state index contributed by atoms with van der Waals surface area (Å²) >= 11 is 12.1. The van der Waals surface area contributed by atoms with Gasteiger partial charge >= 0.3 is 6.03 Å². The first-order chi connectivity index (χ1) is 11.4. The summed E-state index contributed by atoms with van der Waals surface area (Å²) in [6, 6.07) is 5.02. The van der Waals surface area contributed by atoms with E-state index >= 15 is 0 Å². The molecule has 0 aliphatic carbocycles. The van der Waals surface area contributed by atoms with Crippen LogP contribution in [0.15, 0.2) is 18.2 Å². The van der Waals surface area contributed by atoms with Gasteiger partial charge in [-0.2, -0.15) is 0 Å². The molecule has 0 aromatic heterocycles. The van der Waals surface area contributed by atoms with E-state index in [1.54, 1.807) is 23.1 Å². The smallest absolute Gasteiger partial charge is 0.321 e. The lowest BCUT2D eigenvalue weighted by atomic mass is 9.72. The molecule has 5 nitrogen and oxygen atoms in total. The van der Waals surface area contributed by atoms with Crippen LogP contribution in [0.1, 0.15) is 25.7 Å². The minimum absolute atomic E-state index is 0.158. The van der Waals surface area contributed by atoms with E-state index in [0.29, 0.717) is 35.2 Å². The van der Waals surface area contributed by atoms with Gasteiger partial charge in [0.05, 0.1) is 15.7 Å². The van der Waals surface area contributed by atoms with Crippen molar-refractivity contribution in [3.63, 3.8) is 0 Å². The number of carbonyl (C=O) groups excluding carboxylic acids is 2. The number of amides is 3. The maximum atomic E-state index is 12.5. The van der Waals surface area contributed by atoms with Gasteiger partial charge in [-0.3, -0.25) is 4.79 Å². The van der Waals surface area contributed by atoms with Gasteiger partial charge in [-0.15, -0.1) is 0 Å². The number of nitrogens with one attached hydrogen (secondary N) is 1. The van der Waals surface area contributed by atoms with Gasteiger partial charge in [-0.05, 0) is 36.8 Å². The Hall–Kier alpha value is -1.46. The third-order valence-corrected chi connectivity index (χ3v) is 5.99. The first-order valence-electron chi connectivity index (χ1n) is 8.14. The molecule has 1 aromatic carbocycles. The highest BCUT2D eigenvalue weighted by atomic mass is 35.5. The molecule has 2 saturated heterocycles. The van der Waals surface area contributed by atoms with Gasteiger partial charge in [0, 0.05) is 33.1 Å². The van der Waals surface area contributed by atoms with Gasteiger partial charge in [-0.25, -0.2) is 4.79 Å². The summed E-state index contributed by atoms with van der Waals surface area (Å²) in [5.41, 5.74) is 0.685. The molecule has 24 heavy (non-hydrogen) atoms. The number of piperidine rings is 2. The highest BCUT2D eigenvalue weighted by Gasteiger charge is 2.40. The lowest BCUT2D eigenvalue weighted by Crippen LogP contribution is -2.51. The number of hydrogen-bond acceptors (Lipinski definition) is 2. The molecular weight excluding hydrogens is 349 g/mol. The van der Waals surface area contributed by atoms with E-state index in [-0.39, 0.29) is 17.4 Å². The van der Waals surface area contributed by atoms with Gasteiger partial charge in [0.2, 0.25) is 5.91 Å². The van der Waals surface area contributed by atoms with E-state index in [2.05, 4.69) is 5.32 Å². The number of likely N-dealkylation sites (tertiary alicyclic amines) is 2. The molecule has 1 N–H and O–H groups in total. The maximum absolute atomic E-state index is 12.5. The molecule has 1 aromatic rings. The molecule has 1 spiro atoms. The van der Waals surface area contributed by atoms with Crippen LogP contribution in [-0.2, 0) is 4.79 Å². The number of nitrogens with zero attached hydrogens (tertiary/aromatic N) is 2. The average Bonchev–Trinajstić information content (AvgIpc) is 2.56. The normalized spacial score (nSPS) is 20.4. The second kappa shape index (κ2) is 6.81. The molecule has 130 valence electrons. The Kier molecular flexibility index (Phi) is 4.92. The predicted molar refractivity (Wildman–Crippen MR) is 95.6 cm³/mol. The fourth-order valence-corrected chi connectivity index (χ4v) is 3.97. The van der Waals surface area contributed by atoms with Crippen molar-refractivity contribution in [3.8, 4) is 0 Å². The van der Waals surface area contributed by atoms with E-state index in [4.69, 9.17) is 23.2 Å².